The molecule has 5 nitrogen and oxygen atoms in total. The molecule has 1 saturated carbocycles. The molecular weight excluding hydrogens is 280 g/mol. The van der Waals surface area contributed by atoms with E-state index in [1.165, 1.54) is 6.42 Å². The molecule has 2 rings (SSSR count). The molecule has 0 radical (unpaired) electrons. The van der Waals surface area contributed by atoms with Gasteiger partial charge in [0.15, 0.2) is 0 Å². The lowest BCUT2D eigenvalue weighted by Crippen LogP contribution is -2.26. The van der Waals surface area contributed by atoms with Crippen LogP contribution in [0.3, 0.4) is 0 Å². The molecule has 1 aliphatic carbocycles. The molecular formula is C17H26N2O3. The molecule has 0 aromatic heterocycles. The first kappa shape index (κ1) is 16.8. The van der Waals surface area contributed by atoms with Gasteiger partial charge in [-0.2, -0.15) is 0 Å². The molecule has 1 aliphatic rings. The molecule has 0 spiro atoms. The van der Waals surface area contributed by atoms with Gasteiger partial charge in [-0.25, -0.2) is 0 Å². The van der Waals surface area contributed by atoms with E-state index in [1.54, 1.807) is 0 Å². The summed E-state index contributed by atoms with van der Waals surface area (Å²) >= 11 is 0. The van der Waals surface area contributed by atoms with Crippen molar-refractivity contribution in [3.05, 3.63) is 23.8 Å². The standard InChI is InChI=1S/C17H26N2O3/c1-12-7-8-15(16(9-12)18-10-14(21)11-20)19-17(22)13-5-3-2-4-6-13/h7-9,13-14,18,20-21H,2-6,10-11H2,1H3,(H,19,22). The van der Waals surface area contributed by atoms with Crippen molar-refractivity contribution in [2.75, 3.05) is 23.8 Å². The van der Waals surface area contributed by atoms with Crippen LogP contribution in [0.2, 0.25) is 0 Å². The van der Waals surface area contributed by atoms with Crippen molar-refractivity contribution in [2.24, 2.45) is 5.92 Å². The monoisotopic (exact) mass is 306 g/mol. The molecule has 122 valence electrons. The number of benzene rings is 1. The Bertz CT molecular complexity index is 499. The molecule has 0 saturated heterocycles. The van der Waals surface area contributed by atoms with Crippen molar-refractivity contribution >= 4 is 17.3 Å². The molecule has 0 aliphatic heterocycles. The highest BCUT2D eigenvalue weighted by atomic mass is 16.3. The molecule has 4 N–H and O–H groups in total. The predicted molar refractivity (Wildman–Crippen MR) is 88.0 cm³/mol. The summed E-state index contributed by atoms with van der Waals surface area (Å²) in [6.45, 7) is 1.93. The summed E-state index contributed by atoms with van der Waals surface area (Å²) in [5, 5.41) is 24.4. The SMILES string of the molecule is Cc1ccc(NC(=O)C2CCCCC2)c(NCC(O)CO)c1. The minimum atomic E-state index is -0.817. The van der Waals surface area contributed by atoms with Gasteiger partial charge in [-0.1, -0.05) is 25.3 Å². The van der Waals surface area contributed by atoms with Crippen LogP contribution < -0.4 is 10.6 Å². The summed E-state index contributed by atoms with van der Waals surface area (Å²) < 4.78 is 0. The Morgan fingerprint density at radius 2 is 2.00 bits per heavy atom. The topological polar surface area (TPSA) is 81.6 Å². The highest BCUT2D eigenvalue weighted by Crippen LogP contribution is 2.28. The maximum absolute atomic E-state index is 12.4. The third-order valence-corrected chi connectivity index (χ3v) is 4.15. The van der Waals surface area contributed by atoms with Crippen LogP contribution in [0.5, 0.6) is 0 Å². The lowest BCUT2D eigenvalue weighted by Gasteiger charge is -2.22. The highest BCUT2D eigenvalue weighted by molar-refractivity contribution is 5.95. The van der Waals surface area contributed by atoms with Crippen LogP contribution in [0.25, 0.3) is 0 Å². The fourth-order valence-electron chi connectivity index (χ4n) is 2.81. The Labute approximate surface area is 131 Å². The number of aryl methyl sites for hydroxylation is 1. The zero-order valence-corrected chi connectivity index (χ0v) is 13.1. The molecule has 0 bridgehead atoms. The zero-order chi connectivity index (χ0) is 15.9. The second-order valence-corrected chi connectivity index (χ2v) is 6.09. The summed E-state index contributed by atoms with van der Waals surface area (Å²) in [7, 11) is 0. The number of rotatable bonds is 6. The summed E-state index contributed by atoms with van der Waals surface area (Å²) in [6.07, 6.45) is 4.58. The van der Waals surface area contributed by atoms with Crippen LogP contribution in [-0.4, -0.2) is 35.4 Å². The summed E-state index contributed by atoms with van der Waals surface area (Å²) in [5.41, 5.74) is 2.57. The molecule has 1 fully saturated rings. The normalized spacial score (nSPS) is 17.0. The maximum Gasteiger partial charge on any atom is 0.227 e. The van der Waals surface area contributed by atoms with Gasteiger partial charge in [0.25, 0.3) is 0 Å². The van der Waals surface area contributed by atoms with Crippen LogP contribution in [0.4, 0.5) is 11.4 Å². The summed E-state index contributed by atoms with van der Waals surface area (Å²) in [5.74, 6) is 0.181. The van der Waals surface area contributed by atoms with E-state index in [1.807, 2.05) is 25.1 Å². The minimum Gasteiger partial charge on any atom is -0.394 e. The fourth-order valence-corrected chi connectivity index (χ4v) is 2.81. The highest BCUT2D eigenvalue weighted by Gasteiger charge is 2.21. The molecule has 1 amide bonds. The van der Waals surface area contributed by atoms with Crippen LogP contribution in [0.15, 0.2) is 18.2 Å². The number of hydrogen-bond acceptors (Lipinski definition) is 4. The Balaban J connectivity index is 2.03. The number of aliphatic hydroxyl groups is 2. The summed E-state index contributed by atoms with van der Waals surface area (Å²) in [4.78, 5) is 12.4. The Morgan fingerprint density at radius 3 is 2.68 bits per heavy atom. The Hall–Kier alpha value is -1.59. The number of aliphatic hydroxyl groups excluding tert-OH is 2. The van der Waals surface area contributed by atoms with Gasteiger partial charge in [-0.3, -0.25) is 4.79 Å². The molecule has 1 aromatic rings. The van der Waals surface area contributed by atoms with E-state index in [2.05, 4.69) is 10.6 Å². The van der Waals surface area contributed by atoms with E-state index in [0.29, 0.717) is 0 Å². The number of amides is 1. The largest absolute Gasteiger partial charge is 0.394 e. The quantitative estimate of drug-likeness (QED) is 0.650. The number of hydrogen-bond donors (Lipinski definition) is 4. The van der Waals surface area contributed by atoms with Gasteiger partial charge < -0.3 is 20.8 Å². The number of carbonyl (C=O) groups excluding carboxylic acids is 1. The van der Waals surface area contributed by atoms with E-state index in [-0.39, 0.29) is 25.0 Å². The molecule has 5 heteroatoms. The van der Waals surface area contributed by atoms with Crippen molar-refractivity contribution in [1.82, 2.24) is 0 Å². The van der Waals surface area contributed by atoms with Crippen LogP contribution in [-0.2, 0) is 4.79 Å². The van der Waals surface area contributed by atoms with Crippen molar-refractivity contribution < 1.29 is 15.0 Å². The first-order valence-corrected chi connectivity index (χ1v) is 8.04. The number of anilines is 2. The molecule has 1 aromatic carbocycles. The van der Waals surface area contributed by atoms with Crippen LogP contribution in [0.1, 0.15) is 37.7 Å². The van der Waals surface area contributed by atoms with E-state index < -0.39 is 6.10 Å². The maximum atomic E-state index is 12.4. The second kappa shape index (κ2) is 8.15. The first-order chi connectivity index (χ1) is 10.6. The van der Waals surface area contributed by atoms with Crippen molar-refractivity contribution in [3.63, 3.8) is 0 Å². The average molecular weight is 306 g/mol. The predicted octanol–water partition coefficient (Wildman–Crippen LogP) is 2.28. The second-order valence-electron chi connectivity index (χ2n) is 6.09. The zero-order valence-electron chi connectivity index (χ0n) is 13.1. The van der Waals surface area contributed by atoms with Gasteiger partial charge in [0.05, 0.1) is 24.1 Å². The summed E-state index contributed by atoms with van der Waals surface area (Å²) in [6, 6.07) is 5.76. The van der Waals surface area contributed by atoms with Gasteiger partial charge in [0.1, 0.15) is 0 Å². The fraction of sp³-hybridized carbons (Fsp3) is 0.588. The van der Waals surface area contributed by atoms with Crippen molar-refractivity contribution in [1.29, 1.82) is 0 Å². The molecule has 22 heavy (non-hydrogen) atoms. The van der Waals surface area contributed by atoms with Gasteiger partial charge in [0, 0.05) is 12.5 Å². The minimum absolute atomic E-state index is 0.0781. The van der Waals surface area contributed by atoms with Gasteiger partial charge >= 0.3 is 0 Å². The van der Waals surface area contributed by atoms with Gasteiger partial charge in [-0.05, 0) is 37.5 Å². The molecule has 1 unspecified atom stereocenters. The lowest BCUT2D eigenvalue weighted by atomic mass is 9.88. The Morgan fingerprint density at radius 1 is 1.27 bits per heavy atom. The third-order valence-electron chi connectivity index (χ3n) is 4.15. The van der Waals surface area contributed by atoms with E-state index in [4.69, 9.17) is 5.11 Å². The van der Waals surface area contributed by atoms with Crippen molar-refractivity contribution in [3.8, 4) is 0 Å². The number of carbonyl (C=O) groups is 1. The van der Waals surface area contributed by atoms with Crippen LogP contribution in [0, 0.1) is 12.8 Å². The van der Waals surface area contributed by atoms with E-state index in [9.17, 15) is 9.90 Å². The first-order valence-electron chi connectivity index (χ1n) is 8.04. The average Bonchev–Trinajstić information content (AvgIpc) is 2.55. The smallest absolute Gasteiger partial charge is 0.227 e. The van der Waals surface area contributed by atoms with E-state index >= 15 is 0 Å². The Kier molecular flexibility index (Phi) is 6.21. The molecule has 1 atom stereocenters. The van der Waals surface area contributed by atoms with E-state index in [0.717, 1.165) is 42.6 Å². The number of nitrogens with one attached hydrogen (secondary N) is 2. The molecule has 0 heterocycles. The lowest BCUT2D eigenvalue weighted by molar-refractivity contribution is -0.120. The van der Waals surface area contributed by atoms with Gasteiger partial charge in [-0.15, -0.1) is 0 Å². The van der Waals surface area contributed by atoms with Crippen molar-refractivity contribution in [2.45, 2.75) is 45.1 Å². The van der Waals surface area contributed by atoms with Crippen LogP contribution >= 0.6 is 0 Å². The van der Waals surface area contributed by atoms with Gasteiger partial charge in [0.2, 0.25) is 5.91 Å². The third kappa shape index (κ3) is 4.71.